The minimum atomic E-state index is -4.56. The number of alkyl halides is 3. The quantitative estimate of drug-likeness (QED) is 0.555. The summed E-state index contributed by atoms with van der Waals surface area (Å²) >= 11 is 0. The maximum Gasteiger partial charge on any atom is 0.433 e. The molecule has 2 fully saturated rings. The molecule has 1 N–H and O–H groups in total. The number of carbonyl (C=O) groups is 1. The van der Waals surface area contributed by atoms with E-state index in [-0.39, 0.29) is 45.7 Å². The van der Waals surface area contributed by atoms with E-state index in [2.05, 4.69) is 10.3 Å². The second-order valence-electron chi connectivity index (χ2n) is 9.88. The summed E-state index contributed by atoms with van der Waals surface area (Å²) in [5.74, 6) is 0.672. The predicted octanol–water partition coefficient (Wildman–Crippen LogP) is 4.86. The number of pyridine rings is 1. The Morgan fingerprint density at radius 1 is 1.25 bits per heavy atom. The minimum absolute atomic E-state index is 0.0513. The van der Waals surface area contributed by atoms with Crippen LogP contribution in [-0.2, 0) is 16.0 Å². The summed E-state index contributed by atoms with van der Waals surface area (Å²) < 4.78 is 63.5. The van der Waals surface area contributed by atoms with Gasteiger partial charge in [0.2, 0.25) is 0 Å². The minimum Gasteiger partial charge on any atom is -0.349 e. The lowest BCUT2D eigenvalue weighted by Gasteiger charge is -2.52. The summed E-state index contributed by atoms with van der Waals surface area (Å²) in [6.07, 6.45) is 0.792. The second kappa shape index (κ2) is 8.95. The van der Waals surface area contributed by atoms with Crippen LogP contribution < -0.4 is 5.32 Å². The van der Waals surface area contributed by atoms with E-state index in [4.69, 9.17) is 0 Å². The van der Waals surface area contributed by atoms with Crippen molar-refractivity contribution in [1.82, 2.24) is 10.3 Å². The molecule has 32 heavy (non-hydrogen) atoms. The van der Waals surface area contributed by atoms with E-state index in [9.17, 15) is 26.4 Å². The number of aromatic nitrogens is 1. The Morgan fingerprint density at radius 3 is 2.38 bits per heavy atom. The zero-order chi connectivity index (χ0) is 23.9. The normalized spacial score (nSPS) is 24.7. The number of nitrogens with one attached hydrogen (secondary N) is 1. The summed E-state index contributed by atoms with van der Waals surface area (Å²) in [5.41, 5.74) is -0.701. The van der Waals surface area contributed by atoms with Gasteiger partial charge in [-0.25, -0.2) is 13.4 Å². The zero-order valence-electron chi connectivity index (χ0n) is 19.2. The number of rotatable bonds is 9. The molecule has 180 valence electrons. The Morgan fingerprint density at radius 2 is 1.88 bits per heavy atom. The summed E-state index contributed by atoms with van der Waals surface area (Å²) in [4.78, 5) is 16.6. The fraction of sp³-hybridized carbons (Fsp3) is 0.739. The summed E-state index contributed by atoms with van der Waals surface area (Å²) in [6, 6.07) is 0.701. The van der Waals surface area contributed by atoms with Crippen LogP contribution in [0.3, 0.4) is 0 Å². The average Bonchev–Trinajstić information content (AvgIpc) is 3.41. The number of hydrogen-bond donors (Lipinski definition) is 1. The van der Waals surface area contributed by atoms with Crippen LogP contribution in [-0.4, -0.2) is 36.9 Å². The number of nitrogens with zero attached hydrogens (tertiary/aromatic N) is 1. The van der Waals surface area contributed by atoms with Gasteiger partial charge in [-0.15, -0.1) is 0 Å². The van der Waals surface area contributed by atoms with E-state index >= 15 is 0 Å². The van der Waals surface area contributed by atoms with Crippen molar-refractivity contribution in [3.63, 3.8) is 0 Å². The van der Waals surface area contributed by atoms with Crippen molar-refractivity contribution in [3.05, 3.63) is 28.6 Å². The van der Waals surface area contributed by atoms with E-state index in [0.717, 1.165) is 38.2 Å². The second-order valence-corrected chi connectivity index (χ2v) is 12.1. The highest BCUT2D eigenvalue weighted by Gasteiger charge is 2.51. The van der Waals surface area contributed by atoms with E-state index < -0.39 is 27.6 Å². The average molecular weight is 475 g/mol. The molecule has 1 atom stereocenters. The molecule has 1 amide bonds. The van der Waals surface area contributed by atoms with Crippen molar-refractivity contribution in [2.75, 3.05) is 11.5 Å². The fourth-order valence-corrected chi connectivity index (χ4v) is 7.04. The van der Waals surface area contributed by atoms with E-state index in [0.29, 0.717) is 12.3 Å². The highest BCUT2D eigenvalue weighted by Crippen LogP contribution is 2.56. The van der Waals surface area contributed by atoms with Crippen LogP contribution in [0.25, 0.3) is 0 Å². The first-order chi connectivity index (χ1) is 14.8. The van der Waals surface area contributed by atoms with E-state index in [1.54, 1.807) is 0 Å². The van der Waals surface area contributed by atoms with Gasteiger partial charge in [-0.05, 0) is 75.3 Å². The zero-order valence-corrected chi connectivity index (χ0v) is 20.0. The van der Waals surface area contributed by atoms with Gasteiger partial charge in [-0.3, -0.25) is 4.79 Å². The Kier molecular flexibility index (Phi) is 6.99. The Bertz CT molecular complexity index is 942. The lowest BCUT2D eigenvalue weighted by atomic mass is 9.56. The van der Waals surface area contributed by atoms with Crippen molar-refractivity contribution in [1.29, 1.82) is 0 Å². The largest absolute Gasteiger partial charge is 0.433 e. The number of aryl methyl sites for hydroxylation is 2. The molecule has 0 aromatic carbocycles. The van der Waals surface area contributed by atoms with Gasteiger partial charge in [0.15, 0.2) is 9.84 Å². The third-order valence-corrected chi connectivity index (χ3v) is 8.98. The third kappa shape index (κ3) is 5.64. The van der Waals surface area contributed by atoms with Crippen LogP contribution in [0.5, 0.6) is 0 Å². The van der Waals surface area contributed by atoms with E-state index in [1.165, 1.54) is 13.8 Å². The SMILES string of the molecule is CCCS(=O)(=O)CC1CC(CC2CC2)(C(C)NC(=O)c2c(C)cc(C(F)(F)F)nc2C)C1. The van der Waals surface area contributed by atoms with E-state index in [1.807, 2.05) is 13.8 Å². The fourth-order valence-electron chi connectivity index (χ4n) is 5.30. The molecule has 3 rings (SSSR count). The van der Waals surface area contributed by atoms with Crippen LogP contribution in [0, 0.1) is 31.1 Å². The van der Waals surface area contributed by atoms with Crippen LogP contribution in [0.4, 0.5) is 13.2 Å². The van der Waals surface area contributed by atoms with Gasteiger partial charge in [0.25, 0.3) is 5.91 Å². The van der Waals surface area contributed by atoms with Crippen LogP contribution in [0.1, 0.15) is 79.7 Å². The first-order valence-electron chi connectivity index (χ1n) is 11.3. The lowest BCUT2D eigenvalue weighted by molar-refractivity contribution is -0.141. The van der Waals surface area contributed by atoms with Crippen LogP contribution >= 0.6 is 0 Å². The van der Waals surface area contributed by atoms with Gasteiger partial charge in [0, 0.05) is 11.8 Å². The van der Waals surface area contributed by atoms with Gasteiger partial charge in [0.1, 0.15) is 5.69 Å². The molecule has 1 heterocycles. The van der Waals surface area contributed by atoms with Crippen LogP contribution in [0.2, 0.25) is 0 Å². The molecule has 2 saturated carbocycles. The van der Waals surface area contributed by atoms with Gasteiger partial charge in [-0.2, -0.15) is 13.2 Å². The number of sulfone groups is 1. The maximum atomic E-state index is 13.0. The van der Waals surface area contributed by atoms with Crippen LogP contribution in [0.15, 0.2) is 6.07 Å². The van der Waals surface area contributed by atoms with Crippen molar-refractivity contribution in [2.45, 2.75) is 78.4 Å². The van der Waals surface area contributed by atoms with Gasteiger partial charge in [-0.1, -0.05) is 19.8 Å². The van der Waals surface area contributed by atoms with Gasteiger partial charge in [0.05, 0.1) is 17.0 Å². The van der Waals surface area contributed by atoms with Crippen molar-refractivity contribution < 1.29 is 26.4 Å². The molecule has 1 unspecified atom stereocenters. The smallest absolute Gasteiger partial charge is 0.349 e. The molecular weight excluding hydrogens is 441 g/mol. The summed E-state index contributed by atoms with van der Waals surface area (Å²) in [6.45, 7) is 6.69. The Labute approximate surface area is 188 Å². The summed E-state index contributed by atoms with van der Waals surface area (Å²) in [5, 5.41) is 3.01. The number of hydrogen-bond acceptors (Lipinski definition) is 4. The first-order valence-corrected chi connectivity index (χ1v) is 13.1. The standard InChI is InChI=1S/C23H33F3N2O3S/c1-5-8-32(30,31)13-18-11-22(12-18,10-17-6-7-17)16(4)28-21(29)20-14(2)9-19(23(24,25)26)27-15(20)3/h9,16-18H,5-8,10-13H2,1-4H3,(H,28,29). The first kappa shape index (κ1) is 25.0. The van der Waals surface area contributed by atoms with Crippen molar-refractivity contribution in [2.24, 2.45) is 17.3 Å². The third-order valence-electron chi connectivity index (χ3n) is 6.97. The lowest BCUT2D eigenvalue weighted by Crippen LogP contribution is -2.54. The Hall–Kier alpha value is -1.64. The predicted molar refractivity (Wildman–Crippen MR) is 117 cm³/mol. The highest BCUT2D eigenvalue weighted by molar-refractivity contribution is 7.91. The molecule has 2 aliphatic carbocycles. The monoisotopic (exact) mass is 474 g/mol. The maximum absolute atomic E-state index is 13.0. The highest BCUT2D eigenvalue weighted by atomic mass is 32.2. The van der Waals surface area contributed by atoms with Crippen molar-refractivity contribution >= 4 is 15.7 Å². The molecule has 1 aromatic rings. The van der Waals surface area contributed by atoms with Gasteiger partial charge < -0.3 is 5.32 Å². The molecule has 2 aliphatic rings. The molecule has 5 nitrogen and oxygen atoms in total. The number of amides is 1. The molecule has 0 bridgehead atoms. The molecule has 0 radical (unpaired) electrons. The van der Waals surface area contributed by atoms with Gasteiger partial charge >= 0.3 is 6.18 Å². The molecule has 0 aliphatic heterocycles. The number of carbonyl (C=O) groups excluding carboxylic acids is 1. The topological polar surface area (TPSA) is 76.1 Å². The van der Waals surface area contributed by atoms with Crippen molar-refractivity contribution in [3.8, 4) is 0 Å². The molecule has 0 spiro atoms. The molecule has 0 saturated heterocycles. The number of halogens is 3. The molecule has 9 heteroatoms. The summed E-state index contributed by atoms with van der Waals surface area (Å²) in [7, 11) is -3.06. The molecular formula is C23H33F3N2O3S. The Balaban J connectivity index is 1.72. The molecule has 1 aromatic heterocycles.